The summed E-state index contributed by atoms with van der Waals surface area (Å²) in [7, 11) is 3.23. The molecule has 146 valence electrons. The topological polar surface area (TPSA) is 56.8 Å². The number of methoxy groups -OCH3 is 2. The number of amides is 1. The van der Waals surface area contributed by atoms with Crippen LogP contribution in [0, 0.1) is 0 Å². The van der Waals surface area contributed by atoms with Gasteiger partial charge in [-0.1, -0.05) is 24.3 Å². The minimum Gasteiger partial charge on any atom is -0.497 e. The van der Waals surface area contributed by atoms with Crippen LogP contribution in [-0.2, 0) is 4.79 Å². The van der Waals surface area contributed by atoms with Crippen LogP contribution in [-0.4, -0.2) is 26.7 Å². The van der Waals surface area contributed by atoms with Crippen molar-refractivity contribution in [3.8, 4) is 17.2 Å². The average Bonchev–Trinajstić information content (AvgIpc) is 2.73. The Balaban J connectivity index is 1.78. The van der Waals surface area contributed by atoms with Crippen LogP contribution < -0.4 is 19.5 Å². The first kappa shape index (κ1) is 19.5. The van der Waals surface area contributed by atoms with Crippen molar-refractivity contribution in [3.05, 3.63) is 60.2 Å². The second-order valence-electron chi connectivity index (χ2n) is 6.48. The molecular weight excluding hydrogens is 354 g/mol. The fourth-order valence-electron chi connectivity index (χ4n) is 3.06. The predicted octanol–water partition coefficient (Wildman–Crippen LogP) is 5.00. The van der Waals surface area contributed by atoms with Gasteiger partial charge in [0.15, 0.2) is 11.5 Å². The number of carbonyl (C=O) groups is 1. The standard InChI is InChI=1S/C23H25NO4/c1-5-28-21-11-9-19(14-22(21)27-4)24-23(25)15(2)16-6-7-18-13-20(26-3)10-8-17(18)12-16/h6-15H,5H2,1-4H3,(H,24,25)/t15-/m0/s1. The number of benzene rings is 3. The van der Waals surface area contributed by atoms with Gasteiger partial charge in [-0.15, -0.1) is 0 Å². The zero-order chi connectivity index (χ0) is 20.1. The van der Waals surface area contributed by atoms with E-state index < -0.39 is 0 Å². The molecule has 0 aliphatic carbocycles. The van der Waals surface area contributed by atoms with Gasteiger partial charge in [-0.05, 0) is 54.4 Å². The number of hydrogen-bond donors (Lipinski definition) is 1. The highest BCUT2D eigenvalue weighted by molar-refractivity contribution is 5.96. The lowest BCUT2D eigenvalue weighted by Crippen LogP contribution is -2.18. The van der Waals surface area contributed by atoms with Crippen molar-refractivity contribution in [3.63, 3.8) is 0 Å². The maximum atomic E-state index is 12.8. The Morgan fingerprint density at radius 3 is 2.39 bits per heavy atom. The molecule has 5 heteroatoms. The molecule has 0 saturated carbocycles. The highest BCUT2D eigenvalue weighted by Gasteiger charge is 2.17. The Kier molecular flexibility index (Phi) is 6.04. The van der Waals surface area contributed by atoms with Gasteiger partial charge in [0.2, 0.25) is 5.91 Å². The first-order valence-electron chi connectivity index (χ1n) is 9.25. The second-order valence-corrected chi connectivity index (χ2v) is 6.48. The Morgan fingerprint density at radius 2 is 1.68 bits per heavy atom. The number of hydrogen-bond acceptors (Lipinski definition) is 4. The van der Waals surface area contributed by atoms with Gasteiger partial charge >= 0.3 is 0 Å². The van der Waals surface area contributed by atoms with Gasteiger partial charge in [0.25, 0.3) is 0 Å². The molecule has 3 aromatic carbocycles. The molecule has 0 aliphatic rings. The van der Waals surface area contributed by atoms with Gasteiger partial charge in [-0.3, -0.25) is 4.79 Å². The molecule has 1 atom stereocenters. The SMILES string of the molecule is CCOc1ccc(NC(=O)[C@@H](C)c2ccc3cc(OC)ccc3c2)cc1OC. The van der Waals surface area contributed by atoms with E-state index in [1.807, 2.05) is 56.3 Å². The van der Waals surface area contributed by atoms with E-state index in [4.69, 9.17) is 14.2 Å². The lowest BCUT2D eigenvalue weighted by molar-refractivity contribution is -0.117. The number of anilines is 1. The van der Waals surface area contributed by atoms with Crippen molar-refractivity contribution in [1.82, 2.24) is 0 Å². The summed E-state index contributed by atoms with van der Waals surface area (Å²) >= 11 is 0. The maximum Gasteiger partial charge on any atom is 0.231 e. The van der Waals surface area contributed by atoms with E-state index in [-0.39, 0.29) is 11.8 Å². The molecule has 0 bridgehead atoms. The van der Waals surface area contributed by atoms with Crippen LogP contribution in [0.2, 0.25) is 0 Å². The van der Waals surface area contributed by atoms with Crippen molar-refractivity contribution in [2.75, 3.05) is 26.1 Å². The minimum atomic E-state index is -0.302. The fraction of sp³-hybridized carbons (Fsp3) is 0.261. The van der Waals surface area contributed by atoms with Crippen molar-refractivity contribution < 1.29 is 19.0 Å². The molecular formula is C23H25NO4. The second kappa shape index (κ2) is 8.65. The number of rotatable bonds is 7. The zero-order valence-electron chi connectivity index (χ0n) is 16.6. The molecule has 0 saturated heterocycles. The van der Waals surface area contributed by atoms with E-state index in [0.29, 0.717) is 23.8 Å². The van der Waals surface area contributed by atoms with Crippen LogP contribution >= 0.6 is 0 Å². The summed E-state index contributed by atoms with van der Waals surface area (Å²) < 4.78 is 16.1. The van der Waals surface area contributed by atoms with Crippen molar-refractivity contribution in [2.45, 2.75) is 19.8 Å². The lowest BCUT2D eigenvalue weighted by Gasteiger charge is -2.15. The van der Waals surface area contributed by atoms with Crippen LogP contribution in [0.4, 0.5) is 5.69 Å². The number of fused-ring (bicyclic) bond motifs is 1. The quantitative estimate of drug-likeness (QED) is 0.628. The molecule has 3 rings (SSSR count). The first-order chi connectivity index (χ1) is 13.5. The van der Waals surface area contributed by atoms with Gasteiger partial charge in [0.05, 0.1) is 26.7 Å². The minimum absolute atomic E-state index is 0.0842. The fourth-order valence-corrected chi connectivity index (χ4v) is 3.06. The zero-order valence-corrected chi connectivity index (χ0v) is 16.6. The van der Waals surface area contributed by atoms with E-state index in [1.165, 1.54) is 0 Å². The first-order valence-corrected chi connectivity index (χ1v) is 9.25. The molecule has 0 radical (unpaired) electrons. The summed E-state index contributed by atoms with van der Waals surface area (Å²) in [5.41, 5.74) is 1.62. The molecule has 0 spiro atoms. The Hall–Kier alpha value is -3.21. The molecule has 1 amide bonds. The van der Waals surface area contributed by atoms with Crippen molar-refractivity contribution in [1.29, 1.82) is 0 Å². The summed E-state index contributed by atoms with van der Waals surface area (Å²) in [6.45, 7) is 4.36. The van der Waals surface area contributed by atoms with Gasteiger partial charge in [-0.25, -0.2) is 0 Å². The van der Waals surface area contributed by atoms with Gasteiger partial charge in [0, 0.05) is 11.8 Å². The third-order valence-electron chi connectivity index (χ3n) is 4.70. The molecule has 28 heavy (non-hydrogen) atoms. The number of nitrogens with one attached hydrogen (secondary N) is 1. The highest BCUT2D eigenvalue weighted by atomic mass is 16.5. The van der Waals surface area contributed by atoms with E-state index in [1.54, 1.807) is 26.4 Å². The summed E-state index contributed by atoms with van der Waals surface area (Å²) in [6.07, 6.45) is 0. The predicted molar refractivity (Wildman–Crippen MR) is 112 cm³/mol. The average molecular weight is 379 g/mol. The molecule has 5 nitrogen and oxygen atoms in total. The molecule has 0 aromatic heterocycles. The third kappa shape index (κ3) is 4.19. The number of ether oxygens (including phenoxy) is 3. The summed E-state index contributed by atoms with van der Waals surface area (Å²) in [4.78, 5) is 12.8. The van der Waals surface area contributed by atoms with E-state index >= 15 is 0 Å². The molecule has 3 aromatic rings. The van der Waals surface area contributed by atoms with Crippen molar-refractivity contribution in [2.24, 2.45) is 0 Å². The third-order valence-corrected chi connectivity index (χ3v) is 4.70. The summed E-state index contributed by atoms with van der Waals surface area (Å²) in [6, 6.07) is 17.3. The normalized spacial score (nSPS) is 11.7. The Morgan fingerprint density at radius 1 is 0.929 bits per heavy atom. The highest BCUT2D eigenvalue weighted by Crippen LogP contribution is 2.31. The number of carbonyl (C=O) groups excluding carboxylic acids is 1. The van der Waals surface area contributed by atoms with Crippen LogP contribution in [0.15, 0.2) is 54.6 Å². The molecule has 0 unspecified atom stereocenters. The van der Waals surface area contributed by atoms with Crippen LogP contribution in [0.1, 0.15) is 25.3 Å². The van der Waals surface area contributed by atoms with Crippen molar-refractivity contribution >= 4 is 22.4 Å². The Labute approximate surface area is 165 Å². The Bertz CT molecular complexity index is 983. The monoisotopic (exact) mass is 379 g/mol. The van der Waals surface area contributed by atoms with E-state index in [0.717, 1.165) is 22.1 Å². The van der Waals surface area contributed by atoms with Gasteiger partial charge in [-0.2, -0.15) is 0 Å². The molecule has 0 aliphatic heterocycles. The van der Waals surface area contributed by atoms with Gasteiger partial charge in [0.1, 0.15) is 5.75 Å². The maximum absolute atomic E-state index is 12.8. The van der Waals surface area contributed by atoms with E-state index in [9.17, 15) is 4.79 Å². The van der Waals surface area contributed by atoms with Crippen LogP contribution in [0.25, 0.3) is 10.8 Å². The largest absolute Gasteiger partial charge is 0.497 e. The summed E-state index contributed by atoms with van der Waals surface area (Å²) in [5.74, 6) is 1.67. The lowest BCUT2D eigenvalue weighted by atomic mass is 9.97. The van der Waals surface area contributed by atoms with E-state index in [2.05, 4.69) is 5.32 Å². The molecule has 0 heterocycles. The van der Waals surface area contributed by atoms with Crippen LogP contribution in [0.5, 0.6) is 17.2 Å². The molecule has 1 N–H and O–H groups in total. The van der Waals surface area contributed by atoms with Gasteiger partial charge < -0.3 is 19.5 Å². The molecule has 0 fully saturated rings. The smallest absolute Gasteiger partial charge is 0.231 e. The van der Waals surface area contributed by atoms with Crippen LogP contribution in [0.3, 0.4) is 0 Å². The summed E-state index contributed by atoms with van der Waals surface area (Å²) in [5, 5.41) is 5.10.